The van der Waals surface area contributed by atoms with E-state index in [2.05, 4.69) is 9.47 Å². The topological polar surface area (TPSA) is 18.5 Å². The molecule has 144 valence electrons. The highest BCUT2D eigenvalue weighted by atomic mass is 19.4. The van der Waals surface area contributed by atoms with Gasteiger partial charge in [0.1, 0.15) is 6.79 Å². The van der Waals surface area contributed by atoms with Crippen molar-refractivity contribution in [3.8, 4) is 0 Å². The molecule has 0 spiro atoms. The first kappa shape index (κ1) is 21.4. The highest BCUT2D eigenvalue weighted by molar-refractivity contribution is 5.19. The van der Waals surface area contributed by atoms with Crippen LogP contribution in [-0.4, -0.2) is 42.7 Å². The minimum Gasteiger partial charge on any atom is -0.356 e. The van der Waals surface area contributed by atoms with Crippen molar-refractivity contribution in [1.29, 1.82) is 0 Å². The molecule has 0 N–H and O–H groups in total. The van der Waals surface area contributed by atoms with Gasteiger partial charge in [0, 0.05) is 13.5 Å². The summed E-state index contributed by atoms with van der Waals surface area (Å²) >= 11 is 0. The van der Waals surface area contributed by atoms with E-state index in [-0.39, 0.29) is 20.0 Å². The zero-order valence-corrected chi connectivity index (χ0v) is 13.5. The van der Waals surface area contributed by atoms with Crippen molar-refractivity contribution in [3.05, 3.63) is 0 Å². The van der Waals surface area contributed by atoms with Gasteiger partial charge in [0.15, 0.2) is 0 Å². The third-order valence-corrected chi connectivity index (χ3v) is 4.47. The van der Waals surface area contributed by atoms with E-state index in [1.165, 1.54) is 13.8 Å². The second-order valence-electron chi connectivity index (χ2n) is 6.03. The normalized spacial score (nSPS) is 34.4. The molecule has 0 aromatic carbocycles. The molecule has 1 rings (SSSR count). The van der Waals surface area contributed by atoms with Gasteiger partial charge in [0.2, 0.25) is 11.3 Å². The molecular formula is C14H20F8O2. The third kappa shape index (κ3) is 3.11. The standard InChI is InChI=1S/C14H20F8O2/c1-4-9-6-11(17,10(3,15)16)13(18,19)12(7-9,14(20,21)22)24-8-23-5-2/h9H,4-8H2,1-3H3. The molecule has 0 aromatic rings. The van der Waals surface area contributed by atoms with Crippen molar-refractivity contribution in [2.45, 2.75) is 69.3 Å². The molecule has 0 saturated heterocycles. The maximum absolute atomic E-state index is 14.7. The van der Waals surface area contributed by atoms with E-state index in [0.29, 0.717) is 0 Å². The van der Waals surface area contributed by atoms with Gasteiger partial charge in [0.05, 0.1) is 0 Å². The average molecular weight is 372 g/mol. The Bertz CT molecular complexity index is 433. The molecule has 3 unspecified atom stereocenters. The number of ether oxygens (including phenoxy) is 2. The van der Waals surface area contributed by atoms with Crippen LogP contribution < -0.4 is 0 Å². The molecule has 1 aliphatic carbocycles. The smallest absolute Gasteiger partial charge is 0.356 e. The molecule has 10 heteroatoms. The lowest BCUT2D eigenvalue weighted by molar-refractivity contribution is -0.418. The highest BCUT2D eigenvalue weighted by Gasteiger charge is 2.85. The summed E-state index contributed by atoms with van der Waals surface area (Å²) in [7, 11) is 0. The second-order valence-corrected chi connectivity index (χ2v) is 6.03. The van der Waals surface area contributed by atoms with E-state index in [1.807, 2.05) is 0 Å². The summed E-state index contributed by atoms with van der Waals surface area (Å²) in [6.45, 7) is 1.17. The average Bonchev–Trinajstić information content (AvgIpc) is 2.41. The number of halogens is 8. The number of hydrogen-bond acceptors (Lipinski definition) is 2. The quantitative estimate of drug-likeness (QED) is 0.366. The summed E-state index contributed by atoms with van der Waals surface area (Å²) in [4.78, 5) is 0. The van der Waals surface area contributed by atoms with Crippen LogP contribution >= 0.6 is 0 Å². The lowest BCUT2D eigenvalue weighted by atomic mass is 9.64. The zero-order valence-electron chi connectivity index (χ0n) is 13.5. The summed E-state index contributed by atoms with van der Waals surface area (Å²) in [6, 6.07) is 0. The fraction of sp³-hybridized carbons (Fsp3) is 1.00. The fourth-order valence-corrected chi connectivity index (χ4v) is 2.95. The van der Waals surface area contributed by atoms with Crippen LogP contribution in [0.1, 0.15) is 40.0 Å². The maximum Gasteiger partial charge on any atom is 0.423 e. The fourth-order valence-electron chi connectivity index (χ4n) is 2.95. The maximum atomic E-state index is 14.7. The summed E-state index contributed by atoms with van der Waals surface area (Å²) in [6.07, 6.45) is -8.68. The van der Waals surface area contributed by atoms with Crippen LogP contribution in [0.15, 0.2) is 0 Å². The SMILES string of the molecule is CCOCOC1(C(F)(F)F)CC(CC)CC(F)(C(C)(F)F)C1(F)F. The minimum absolute atomic E-state index is 0.150. The summed E-state index contributed by atoms with van der Waals surface area (Å²) < 4.78 is 120. The van der Waals surface area contributed by atoms with E-state index in [1.54, 1.807) is 0 Å². The monoisotopic (exact) mass is 372 g/mol. The molecule has 0 aliphatic heterocycles. The van der Waals surface area contributed by atoms with Gasteiger partial charge in [-0.05, 0) is 25.7 Å². The number of hydrogen-bond donors (Lipinski definition) is 0. The number of alkyl halides is 8. The van der Waals surface area contributed by atoms with E-state index >= 15 is 0 Å². The molecule has 0 heterocycles. The van der Waals surface area contributed by atoms with Crippen molar-refractivity contribution < 1.29 is 44.6 Å². The van der Waals surface area contributed by atoms with E-state index in [4.69, 9.17) is 0 Å². The molecule has 2 nitrogen and oxygen atoms in total. The van der Waals surface area contributed by atoms with Gasteiger partial charge >= 0.3 is 12.1 Å². The van der Waals surface area contributed by atoms with E-state index < -0.39 is 54.8 Å². The summed E-state index contributed by atoms with van der Waals surface area (Å²) in [5.41, 5.74) is -9.08. The number of rotatable bonds is 6. The first-order valence-corrected chi connectivity index (χ1v) is 7.43. The third-order valence-electron chi connectivity index (χ3n) is 4.47. The molecule has 3 atom stereocenters. The molecule has 1 aliphatic rings. The molecule has 24 heavy (non-hydrogen) atoms. The molecule has 1 fully saturated rings. The van der Waals surface area contributed by atoms with Gasteiger partial charge in [-0.25, -0.2) is 13.2 Å². The van der Waals surface area contributed by atoms with Crippen LogP contribution in [0.3, 0.4) is 0 Å². The van der Waals surface area contributed by atoms with Crippen molar-refractivity contribution in [2.24, 2.45) is 5.92 Å². The van der Waals surface area contributed by atoms with Gasteiger partial charge in [-0.3, -0.25) is 0 Å². The van der Waals surface area contributed by atoms with Gasteiger partial charge in [-0.15, -0.1) is 0 Å². The minimum atomic E-state index is -5.77. The Balaban J connectivity index is 3.52. The molecule has 0 bridgehead atoms. The lowest BCUT2D eigenvalue weighted by Crippen LogP contribution is -2.75. The van der Waals surface area contributed by atoms with Crippen molar-refractivity contribution >= 4 is 0 Å². The summed E-state index contributed by atoms with van der Waals surface area (Å²) in [5, 5.41) is 0. The van der Waals surface area contributed by atoms with Crippen LogP contribution in [-0.2, 0) is 9.47 Å². The van der Waals surface area contributed by atoms with Crippen LogP contribution in [0.2, 0.25) is 0 Å². The Morgan fingerprint density at radius 3 is 1.92 bits per heavy atom. The Morgan fingerprint density at radius 2 is 1.54 bits per heavy atom. The van der Waals surface area contributed by atoms with Crippen LogP contribution in [0.4, 0.5) is 35.1 Å². The van der Waals surface area contributed by atoms with E-state index in [9.17, 15) is 35.1 Å². The largest absolute Gasteiger partial charge is 0.423 e. The van der Waals surface area contributed by atoms with Crippen LogP contribution in [0.25, 0.3) is 0 Å². The highest BCUT2D eigenvalue weighted by Crippen LogP contribution is 2.63. The summed E-state index contributed by atoms with van der Waals surface area (Å²) in [5.74, 6) is -11.6. The van der Waals surface area contributed by atoms with Crippen LogP contribution in [0, 0.1) is 5.92 Å². The molecule has 0 amide bonds. The predicted molar refractivity (Wildman–Crippen MR) is 68.8 cm³/mol. The van der Waals surface area contributed by atoms with Gasteiger partial charge in [-0.2, -0.15) is 22.0 Å². The van der Waals surface area contributed by atoms with Crippen molar-refractivity contribution in [2.75, 3.05) is 13.4 Å². The van der Waals surface area contributed by atoms with Gasteiger partial charge < -0.3 is 9.47 Å². The van der Waals surface area contributed by atoms with Crippen molar-refractivity contribution in [3.63, 3.8) is 0 Å². The Labute approximate surface area is 134 Å². The zero-order chi connectivity index (χ0) is 19.0. The first-order chi connectivity index (χ1) is 10.7. The Morgan fingerprint density at radius 1 is 1.00 bits per heavy atom. The van der Waals surface area contributed by atoms with Crippen LogP contribution in [0.5, 0.6) is 0 Å². The molecule has 0 radical (unpaired) electrons. The Hall–Kier alpha value is -0.640. The molecule has 0 aromatic heterocycles. The lowest BCUT2D eigenvalue weighted by Gasteiger charge is -2.53. The van der Waals surface area contributed by atoms with Crippen molar-refractivity contribution in [1.82, 2.24) is 0 Å². The molecular weight excluding hydrogens is 352 g/mol. The van der Waals surface area contributed by atoms with Gasteiger partial charge in [-0.1, -0.05) is 13.3 Å². The first-order valence-electron chi connectivity index (χ1n) is 7.43. The second kappa shape index (κ2) is 6.59. The van der Waals surface area contributed by atoms with E-state index in [0.717, 1.165) is 0 Å². The predicted octanol–water partition coefficient (Wildman–Crippen LogP) is 5.12. The van der Waals surface area contributed by atoms with Gasteiger partial charge in [0.25, 0.3) is 5.92 Å². The Kier molecular flexibility index (Phi) is 5.87. The molecule has 1 saturated carbocycles.